The van der Waals surface area contributed by atoms with Gasteiger partial charge in [-0.1, -0.05) is 30.3 Å². The minimum atomic E-state index is -0.466. The third-order valence-corrected chi connectivity index (χ3v) is 4.11. The molecule has 2 N–H and O–H groups in total. The lowest BCUT2D eigenvalue weighted by Crippen LogP contribution is -2.32. The second-order valence-electron chi connectivity index (χ2n) is 4.70. The van der Waals surface area contributed by atoms with Crippen LogP contribution in [0.4, 0.5) is 0 Å². The van der Waals surface area contributed by atoms with Crippen molar-refractivity contribution in [3.63, 3.8) is 0 Å². The Morgan fingerprint density at radius 2 is 2.00 bits per heavy atom. The summed E-state index contributed by atoms with van der Waals surface area (Å²) < 4.78 is 4.88. The van der Waals surface area contributed by atoms with E-state index in [1.807, 2.05) is 17.8 Å². The fourth-order valence-electron chi connectivity index (χ4n) is 1.86. The summed E-state index contributed by atoms with van der Waals surface area (Å²) in [5.74, 6) is 1.77. The van der Waals surface area contributed by atoms with Crippen molar-refractivity contribution >= 4 is 17.7 Å². The maximum Gasteiger partial charge on any atom is 0.322 e. The number of thioether (sulfide) groups is 1. The van der Waals surface area contributed by atoms with Gasteiger partial charge in [-0.25, -0.2) is 0 Å². The first-order valence-electron chi connectivity index (χ1n) is 7.28. The summed E-state index contributed by atoms with van der Waals surface area (Å²) in [6, 6.07) is 10.1. The molecule has 20 heavy (non-hydrogen) atoms. The summed E-state index contributed by atoms with van der Waals surface area (Å²) in [6.45, 7) is 2.20. The fourth-order valence-corrected chi connectivity index (χ4v) is 2.89. The number of aryl methyl sites for hydroxylation is 1. The Kier molecular flexibility index (Phi) is 9.16. The van der Waals surface area contributed by atoms with E-state index in [0.717, 1.165) is 17.9 Å². The van der Waals surface area contributed by atoms with Crippen LogP contribution in [0.3, 0.4) is 0 Å². The van der Waals surface area contributed by atoms with Crippen LogP contribution in [0.5, 0.6) is 0 Å². The van der Waals surface area contributed by atoms with E-state index in [-0.39, 0.29) is 5.97 Å². The summed E-state index contributed by atoms with van der Waals surface area (Å²) in [7, 11) is 0. The predicted molar refractivity (Wildman–Crippen MR) is 85.9 cm³/mol. The maximum absolute atomic E-state index is 11.3. The van der Waals surface area contributed by atoms with Crippen molar-refractivity contribution in [1.29, 1.82) is 0 Å². The number of benzene rings is 1. The Morgan fingerprint density at radius 3 is 2.70 bits per heavy atom. The van der Waals surface area contributed by atoms with Crippen molar-refractivity contribution in [3.05, 3.63) is 35.9 Å². The van der Waals surface area contributed by atoms with Gasteiger partial charge in [-0.3, -0.25) is 4.79 Å². The Balaban J connectivity index is 1.96. The molecule has 0 aliphatic heterocycles. The molecular weight excluding hydrogens is 270 g/mol. The van der Waals surface area contributed by atoms with Gasteiger partial charge in [-0.2, -0.15) is 11.8 Å². The van der Waals surface area contributed by atoms with Crippen molar-refractivity contribution in [2.24, 2.45) is 5.73 Å². The minimum absolute atomic E-state index is 0.280. The van der Waals surface area contributed by atoms with Crippen LogP contribution in [-0.2, 0) is 16.0 Å². The van der Waals surface area contributed by atoms with Gasteiger partial charge in [0.1, 0.15) is 6.04 Å². The second-order valence-corrected chi connectivity index (χ2v) is 5.93. The smallest absolute Gasteiger partial charge is 0.322 e. The van der Waals surface area contributed by atoms with Gasteiger partial charge >= 0.3 is 5.97 Å². The quantitative estimate of drug-likeness (QED) is 0.532. The summed E-state index contributed by atoms with van der Waals surface area (Å²) in [4.78, 5) is 11.3. The van der Waals surface area contributed by atoms with Crippen molar-refractivity contribution in [2.45, 2.75) is 38.6 Å². The zero-order chi connectivity index (χ0) is 14.6. The molecule has 0 saturated heterocycles. The second kappa shape index (κ2) is 10.7. The number of carbonyl (C=O) groups is 1. The first-order valence-corrected chi connectivity index (χ1v) is 8.43. The molecule has 0 heterocycles. The first kappa shape index (κ1) is 17.1. The van der Waals surface area contributed by atoms with Gasteiger partial charge in [0.15, 0.2) is 0 Å². The van der Waals surface area contributed by atoms with Gasteiger partial charge in [0.05, 0.1) is 6.61 Å². The van der Waals surface area contributed by atoms with Gasteiger partial charge < -0.3 is 10.5 Å². The summed E-state index contributed by atoms with van der Waals surface area (Å²) in [5.41, 5.74) is 7.14. The average Bonchev–Trinajstić information content (AvgIpc) is 2.47. The molecule has 0 radical (unpaired) electrons. The molecule has 0 spiro atoms. The fraction of sp³-hybridized carbons (Fsp3) is 0.562. The molecule has 1 rings (SSSR count). The lowest BCUT2D eigenvalue weighted by molar-refractivity contribution is -0.144. The number of nitrogens with two attached hydrogens (primary N) is 1. The predicted octanol–water partition coefficient (Wildman–Crippen LogP) is 3.02. The van der Waals surface area contributed by atoms with E-state index < -0.39 is 6.04 Å². The van der Waals surface area contributed by atoms with Crippen molar-refractivity contribution in [1.82, 2.24) is 0 Å². The Bertz CT molecular complexity index is 370. The molecule has 1 aromatic carbocycles. The third kappa shape index (κ3) is 7.56. The summed E-state index contributed by atoms with van der Waals surface area (Å²) in [6.07, 6.45) is 4.25. The van der Waals surface area contributed by atoms with Crippen LogP contribution < -0.4 is 5.73 Å². The van der Waals surface area contributed by atoms with E-state index in [1.54, 1.807) is 6.92 Å². The highest BCUT2D eigenvalue weighted by Crippen LogP contribution is 2.10. The van der Waals surface area contributed by atoms with E-state index in [9.17, 15) is 4.79 Å². The lowest BCUT2D eigenvalue weighted by Gasteiger charge is -2.09. The van der Waals surface area contributed by atoms with Crippen LogP contribution in [0, 0.1) is 0 Å². The molecule has 0 aromatic heterocycles. The molecule has 3 nitrogen and oxygen atoms in total. The van der Waals surface area contributed by atoms with Gasteiger partial charge in [0, 0.05) is 0 Å². The highest BCUT2D eigenvalue weighted by atomic mass is 32.2. The Labute approximate surface area is 126 Å². The van der Waals surface area contributed by atoms with Crippen LogP contribution in [0.2, 0.25) is 0 Å². The highest BCUT2D eigenvalue weighted by Gasteiger charge is 2.13. The number of ether oxygens (including phenoxy) is 1. The van der Waals surface area contributed by atoms with E-state index in [4.69, 9.17) is 10.5 Å². The normalized spacial score (nSPS) is 12.1. The van der Waals surface area contributed by atoms with E-state index in [1.165, 1.54) is 18.4 Å². The molecule has 0 fully saturated rings. The lowest BCUT2D eigenvalue weighted by atomic mass is 10.1. The van der Waals surface area contributed by atoms with Crippen LogP contribution in [0.25, 0.3) is 0 Å². The molecule has 0 bridgehead atoms. The number of esters is 1. The standard InChI is InChI=1S/C16H25NO2S/c1-2-19-16(18)15(17)11-13-20-12-7-6-10-14-8-4-3-5-9-14/h3-5,8-9,15H,2,6-7,10-13,17H2,1H3. The highest BCUT2D eigenvalue weighted by molar-refractivity contribution is 7.99. The number of rotatable bonds is 10. The maximum atomic E-state index is 11.3. The topological polar surface area (TPSA) is 52.3 Å². The van der Waals surface area contributed by atoms with Gasteiger partial charge in [0.2, 0.25) is 0 Å². The molecule has 0 amide bonds. The van der Waals surface area contributed by atoms with E-state index in [2.05, 4.69) is 24.3 Å². The molecule has 1 unspecified atom stereocenters. The van der Waals surface area contributed by atoms with Crippen molar-refractivity contribution in [2.75, 3.05) is 18.1 Å². The number of carbonyl (C=O) groups excluding carboxylic acids is 1. The monoisotopic (exact) mass is 295 g/mol. The minimum Gasteiger partial charge on any atom is -0.465 e. The third-order valence-electron chi connectivity index (χ3n) is 3.01. The zero-order valence-corrected chi connectivity index (χ0v) is 13.0. The summed E-state index contributed by atoms with van der Waals surface area (Å²) >= 11 is 1.86. The van der Waals surface area contributed by atoms with Crippen LogP contribution >= 0.6 is 11.8 Å². The SMILES string of the molecule is CCOC(=O)C(N)CCSCCCCc1ccccc1. The Hall–Kier alpha value is -1.00. The van der Waals surface area contributed by atoms with Crippen LogP contribution in [0.15, 0.2) is 30.3 Å². The van der Waals surface area contributed by atoms with Gasteiger partial charge in [-0.05, 0) is 49.7 Å². The molecule has 0 aliphatic carbocycles. The molecule has 1 aromatic rings. The van der Waals surface area contributed by atoms with Crippen molar-refractivity contribution in [3.8, 4) is 0 Å². The van der Waals surface area contributed by atoms with Gasteiger partial charge in [-0.15, -0.1) is 0 Å². The Morgan fingerprint density at radius 1 is 1.25 bits per heavy atom. The van der Waals surface area contributed by atoms with E-state index >= 15 is 0 Å². The molecule has 0 saturated carbocycles. The molecular formula is C16H25NO2S. The number of hydrogen-bond acceptors (Lipinski definition) is 4. The number of hydrogen-bond donors (Lipinski definition) is 1. The molecule has 112 valence electrons. The number of unbranched alkanes of at least 4 members (excludes halogenated alkanes) is 1. The van der Waals surface area contributed by atoms with Crippen LogP contribution in [0.1, 0.15) is 31.7 Å². The molecule has 4 heteroatoms. The largest absolute Gasteiger partial charge is 0.465 e. The first-order chi connectivity index (χ1) is 9.74. The average molecular weight is 295 g/mol. The van der Waals surface area contributed by atoms with Gasteiger partial charge in [0.25, 0.3) is 0 Å². The van der Waals surface area contributed by atoms with Crippen LogP contribution in [-0.4, -0.2) is 30.1 Å². The van der Waals surface area contributed by atoms with Crippen molar-refractivity contribution < 1.29 is 9.53 Å². The van der Waals surface area contributed by atoms with E-state index in [0.29, 0.717) is 13.0 Å². The zero-order valence-electron chi connectivity index (χ0n) is 12.2. The molecule has 0 aliphatic rings. The molecule has 1 atom stereocenters. The summed E-state index contributed by atoms with van der Waals surface area (Å²) in [5, 5.41) is 0.